The van der Waals surface area contributed by atoms with Gasteiger partial charge in [-0.15, -0.1) is 11.3 Å². The van der Waals surface area contributed by atoms with E-state index in [4.69, 9.17) is 4.42 Å². The summed E-state index contributed by atoms with van der Waals surface area (Å²) in [4.78, 5) is 26.9. The number of nitrogens with zero attached hydrogens (tertiary/aromatic N) is 7. The second-order valence-electron chi connectivity index (χ2n) is 9.30. The first kappa shape index (κ1) is 20.7. The molecule has 9 rings (SSSR count). The van der Waals surface area contributed by atoms with Crippen molar-refractivity contribution in [3.8, 4) is 16.8 Å². The van der Waals surface area contributed by atoms with Crippen molar-refractivity contribution in [2.24, 2.45) is 0 Å². The first-order chi connectivity index (χ1) is 19.3. The summed E-state index contributed by atoms with van der Waals surface area (Å²) in [6, 6.07) is 16.8. The predicted octanol–water partition coefficient (Wildman–Crippen LogP) is 7.09. The van der Waals surface area contributed by atoms with E-state index in [-0.39, 0.29) is 0 Å². The molecular weight excluding hydrogens is 506 g/mol. The molecule has 7 aromatic heterocycles. The van der Waals surface area contributed by atoms with Gasteiger partial charge in [-0.3, -0.25) is 9.97 Å². The van der Waals surface area contributed by atoms with Crippen molar-refractivity contribution in [1.82, 2.24) is 34.5 Å². The lowest BCUT2D eigenvalue weighted by Gasteiger charge is -2.12. The molecule has 0 atom stereocenters. The van der Waals surface area contributed by atoms with Crippen LogP contribution in [0.25, 0.3) is 81.3 Å². The Morgan fingerprint density at radius 3 is 2.56 bits per heavy atom. The molecule has 0 unspecified atom stereocenters. The lowest BCUT2D eigenvalue weighted by Crippen LogP contribution is -1.95. The number of aromatic nitrogens is 7. The minimum Gasteiger partial charge on any atom is -0.436 e. The van der Waals surface area contributed by atoms with Crippen LogP contribution in [-0.2, 0) is 0 Å². The van der Waals surface area contributed by atoms with Crippen LogP contribution < -0.4 is 0 Å². The molecule has 182 valence electrons. The second-order valence-corrected chi connectivity index (χ2v) is 10.4. The molecule has 2 aromatic carbocycles. The number of furan rings is 1. The Morgan fingerprint density at radius 1 is 0.667 bits per heavy atom. The molecule has 8 nitrogen and oxygen atoms in total. The third-order valence-electron chi connectivity index (χ3n) is 7.23. The molecule has 0 spiro atoms. The van der Waals surface area contributed by atoms with Gasteiger partial charge in [-0.25, -0.2) is 19.9 Å². The van der Waals surface area contributed by atoms with Gasteiger partial charge in [0.15, 0.2) is 0 Å². The molecule has 39 heavy (non-hydrogen) atoms. The lowest BCUT2D eigenvalue weighted by atomic mass is 10.0. The molecule has 0 N–H and O–H groups in total. The molecule has 0 saturated heterocycles. The fraction of sp³-hybridized carbons (Fsp3) is 0. The van der Waals surface area contributed by atoms with Crippen LogP contribution in [-0.4, -0.2) is 34.5 Å². The maximum atomic E-state index is 6.37. The zero-order valence-corrected chi connectivity index (χ0v) is 20.9. The van der Waals surface area contributed by atoms with E-state index in [1.54, 1.807) is 30.1 Å². The molecule has 0 saturated carbocycles. The standard InChI is InChI=1S/C30H15N7OS/c1-2-4-22-17(3-1)21-13-31-7-6-23(21)37(22)16-11-19(28-20(12-16)25-30(38-28)35-10-9-34-25)18-5-8-33-27-26-24(39-29(18)27)14-32-15-36-26/h1-15H. The molecule has 0 fully saturated rings. The summed E-state index contributed by atoms with van der Waals surface area (Å²) in [6.07, 6.45) is 12.3. The van der Waals surface area contributed by atoms with Crippen LogP contribution in [0.1, 0.15) is 0 Å². The van der Waals surface area contributed by atoms with E-state index in [1.165, 1.54) is 0 Å². The SMILES string of the molecule is c1ccc2c(c1)c1cnccc1n2-c1cc(-c2ccnc3c2sc2cncnc23)c2oc3nccnc3c2c1. The van der Waals surface area contributed by atoms with E-state index in [2.05, 4.69) is 76.9 Å². The maximum absolute atomic E-state index is 6.37. The van der Waals surface area contributed by atoms with Crippen molar-refractivity contribution < 1.29 is 4.42 Å². The summed E-state index contributed by atoms with van der Waals surface area (Å²) in [7, 11) is 0. The molecule has 9 heteroatoms. The van der Waals surface area contributed by atoms with Crippen LogP contribution in [0.15, 0.2) is 96.5 Å². The summed E-state index contributed by atoms with van der Waals surface area (Å²) in [5.74, 6) is 0. The van der Waals surface area contributed by atoms with Crippen molar-refractivity contribution in [2.75, 3.05) is 0 Å². The smallest absolute Gasteiger partial charge is 0.246 e. The third-order valence-corrected chi connectivity index (χ3v) is 8.37. The van der Waals surface area contributed by atoms with Crippen LogP contribution in [0.3, 0.4) is 0 Å². The van der Waals surface area contributed by atoms with Gasteiger partial charge in [0.1, 0.15) is 28.5 Å². The van der Waals surface area contributed by atoms with E-state index in [0.29, 0.717) is 5.71 Å². The van der Waals surface area contributed by atoms with Gasteiger partial charge in [0.2, 0.25) is 5.71 Å². The number of hydrogen-bond donors (Lipinski definition) is 0. The molecule has 0 bridgehead atoms. The zero-order chi connectivity index (χ0) is 25.5. The molecule has 0 radical (unpaired) electrons. The number of pyridine rings is 2. The highest BCUT2D eigenvalue weighted by molar-refractivity contribution is 7.26. The van der Waals surface area contributed by atoms with Crippen LogP contribution in [0, 0.1) is 0 Å². The van der Waals surface area contributed by atoms with E-state index in [1.807, 2.05) is 30.9 Å². The Hall–Kier alpha value is -5.28. The Kier molecular flexibility index (Phi) is 4.05. The van der Waals surface area contributed by atoms with Crippen molar-refractivity contribution in [3.63, 3.8) is 0 Å². The molecule has 0 aliphatic rings. The monoisotopic (exact) mass is 521 g/mol. The molecular formula is C30H15N7OS. The van der Waals surface area contributed by atoms with Crippen molar-refractivity contribution >= 4 is 75.8 Å². The highest BCUT2D eigenvalue weighted by Gasteiger charge is 2.21. The van der Waals surface area contributed by atoms with E-state index in [0.717, 1.165) is 75.5 Å². The summed E-state index contributed by atoms with van der Waals surface area (Å²) in [6.45, 7) is 0. The lowest BCUT2D eigenvalue weighted by molar-refractivity contribution is 0.654. The first-order valence-corrected chi connectivity index (χ1v) is 13.2. The minimum absolute atomic E-state index is 0.504. The van der Waals surface area contributed by atoms with Crippen molar-refractivity contribution in [3.05, 3.63) is 92.0 Å². The topological polar surface area (TPSA) is 95.4 Å². The Morgan fingerprint density at radius 2 is 1.56 bits per heavy atom. The molecule has 0 aliphatic heterocycles. The van der Waals surface area contributed by atoms with Gasteiger partial charge in [-0.1, -0.05) is 18.2 Å². The number of thiophene rings is 1. The fourth-order valence-electron chi connectivity index (χ4n) is 5.62. The number of para-hydroxylation sites is 1. The minimum atomic E-state index is 0.504. The maximum Gasteiger partial charge on any atom is 0.246 e. The Balaban J connectivity index is 1.46. The van der Waals surface area contributed by atoms with Gasteiger partial charge in [-0.05, 0) is 30.3 Å². The normalized spacial score (nSPS) is 12.1. The third kappa shape index (κ3) is 2.82. The number of fused-ring (bicyclic) bond motifs is 9. The number of benzene rings is 2. The largest absolute Gasteiger partial charge is 0.436 e. The summed E-state index contributed by atoms with van der Waals surface area (Å²) in [5.41, 5.74) is 8.79. The van der Waals surface area contributed by atoms with Crippen LogP contribution >= 0.6 is 11.3 Å². The Bertz CT molecular complexity index is 2370. The van der Waals surface area contributed by atoms with Crippen LogP contribution in [0.2, 0.25) is 0 Å². The first-order valence-electron chi connectivity index (χ1n) is 12.3. The van der Waals surface area contributed by atoms with Crippen LogP contribution in [0.4, 0.5) is 0 Å². The van der Waals surface area contributed by atoms with Gasteiger partial charge in [-0.2, -0.15) is 0 Å². The average molecular weight is 522 g/mol. The number of hydrogen-bond acceptors (Lipinski definition) is 8. The molecule has 0 aliphatic carbocycles. The van der Waals surface area contributed by atoms with Crippen molar-refractivity contribution in [2.45, 2.75) is 0 Å². The summed E-state index contributed by atoms with van der Waals surface area (Å²) in [5, 5.41) is 3.14. The summed E-state index contributed by atoms with van der Waals surface area (Å²) >= 11 is 1.63. The van der Waals surface area contributed by atoms with E-state index < -0.39 is 0 Å². The van der Waals surface area contributed by atoms with Gasteiger partial charge in [0, 0.05) is 64.8 Å². The van der Waals surface area contributed by atoms with Gasteiger partial charge < -0.3 is 8.98 Å². The molecule has 0 amide bonds. The average Bonchev–Trinajstić information content (AvgIpc) is 3.66. The van der Waals surface area contributed by atoms with Crippen molar-refractivity contribution in [1.29, 1.82) is 0 Å². The number of rotatable bonds is 2. The predicted molar refractivity (Wildman–Crippen MR) is 153 cm³/mol. The highest BCUT2D eigenvalue weighted by Crippen LogP contribution is 2.43. The quantitative estimate of drug-likeness (QED) is 0.240. The van der Waals surface area contributed by atoms with Crippen LogP contribution in [0.5, 0.6) is 0 Å². The molecule has 9 aromatic rings. The van der Waals surface area contributed by atoms with Gasteiger partial charge in [0.05, 0.1) is 25.8 Å². The summed E-state index contributed by atoms with van der Waals surface area (Å²) < 4.78 is 10.7. The Labute approximate surface area is 223 Å². The van der Waals surface area contributed by atoms with Gasteiger partial charge in [0.25, 0.3) is 0 Å². The zero-order valence-electron chi connectivity index (χ0n) is 20.1. The second kappa shape index (κ2) is 7.62. The highest BCUT2D eigenvalue weighted by atomic mass is 32.1. The molecule has 7 heterocycles. The van der Waals surface area contributed by atoms with Gasteiger partial charge >= 0.3 is 0 Å². The fourth-order valence-corrected chi connectivity index (χ4v) is 6.73. The van der Waals surface area contributed by atoms with E-state index >= 15 is 0 Å². The van der Waals surface area contributed by atoms with E-state index in [9.17, 15) is 0 Å².